The van der Waals surface area contributed by atoms with Crippen molar-refractivity contribution in [2.45, 2.75) is 11.5 Å². The number of nitro groups is 1. The van der Waals surface area contributed by atoms with E-state index >= 15 is 0 Å². The van der Waals surface area contributed by atoms with Crippen molar-refractivity contribution in [3.63, 3.8) is 0 Å². The number of amides is 2. The summed E-state index contributed by atoms with van der Waals surface area (Å²) in [6.07, 6.45) is 1.52. The maximum absolute atomic E-state index is 13.5. The Morgan fingerprint density at radius 3 is 2.17 bits per heavy atom. The van der Waals surface area contributed by atoms with Gasteiger partial charge in [0.2, 0.25) is 11.8 Å². The third-order valence-corrected chi connectivity index (χ3v) is 7.23. The van der Waals surface area contributed by atoms with Gasteiger partial charge in [-0.1, -0.05) is 48.5 Å². The predicted molar refractivity (Wildman–Crippen MR) is 104 cm³/mol. The molecule has 4 aliphatic rings. The van der Waals surface area contributed by atoms with E-state index in [4.69, 9.17) is 0 Å². The summed E-state index contributed by atoms with van der Waals surface area (Å²) in [6, 6.07) is 14.3. The fourth-order valence-electron chi connectivity index (χ4n) is 5.56. The summed E-state index contributed by atoms with van der Waals surface area (Å²) < 4.78 is 0. The summed E-state index contributed by atoms with van der Waals surface area (Å²) >= 11 is 1.17. The molecule has 142 valence electrons. The van der Waals surface area contributed by atoms with Gasteiger partial charge in [-0.3, -0.25) is 19.7 Å². The standard InChI is InChI=1S/C21H13N3O4S/c25-18-16-15-11-5-1-3-7-13(11)21(24(27)28,14-8-4-2-6-12(14)15)17(16)19(26)23(18)20-22-9-10-29-20/h1-10,15-17H. The zero-order chi connectivity index (χ0) is 19.9. The molecule has 7 rings (SSSR count). The van der Waals surface area contributed by atoms with E-state index in [1.54, 1.807) is 29.6 Å². The molecule has 2 aromatic carbocycles. The first kappa shape index (κ1) is 16.6. The van der Waals surface area contributed by atoms with Gasteiger partial charge >= 0.3 is 0 Å². The summed E-state index contributed by atoms with van der Waals surface area (Å²) in [6.45, 7) is 0. The molecule has 3 aliphatic carbocycles. The van der Waals surface area contributed by atoms with Crippen LogP contribution in [0.1, 0.15) is 28.2 Å². The first-order chi connectivity index (χ1) is 14.1. The molecule has 3 aromatic rings. The number of imide groups is 1. The van der Waals surface area contributed by atoms with Crippen molar-refractivity contribution in [3.8, 4) is 0 Å². The maximum atomic E-state index is 13.5. The molecule has 1 saturated heterocycles. The van der Waals surface area contributed by atoms with Crippen molar-refractivity contribution in [2.75, 3.05) is 4.90 Å². The lowest BCUT2D eigenvalue weighted by Crippen LogP contribution is -2.57. The largest absolute Gasteiger partial charge is 0.285 e. The molecular formula is C21H13N3O4S. The molecular weight excluding hydrogens is 390 g/mol. The molecule has 2 unspecified atom stereocenters. The summed E-state index contributed by atoms with van der Waals surface area (Å²) in [5, 5.41) is 14.7. The number of hydrogen-bond acceptors (Lipinski definition) is 6. The first-order valence-electron chi connectivity index (χ1n) is 9.19. The lowest BCUT2D eigenvalue weighted by atomic mass is 9.51. The number of carbonyl (C=O) groups excluding carboxylic acids is 2. The molecule has 29 heavy (non-hydrogen) atoms. The van der Waals surface area contributed by atoms with Crippen LogP contribution in [0, 0.1) is 22.0 Å². The van der Waals surface area contributed by atoms with E-state index in [9.17, 15) is 19.7 Å². The van der Waals surface area contributed by atoms with Crippen molar-refractivity contribution in [1.82, 2.24) is 4.98 Å². The molecule has 0 saturated carbocycles. The van der Waals surface area contributed by atoms with E-state index in [-0.39, 0.29) is 10.1 Å². The Balaban J connectivity index is 1.72. The summed E-state index contributed by atoms with van der Waals surface area (Å²) in [4.78, 5) is 44.6. The van der Waals surface area contributed by atoms with E-state index in [0.717, 1.165) is 16.0 Å². The van der Waals surface area contributed by atoms with E-state index < -0.39 is 35.1 Å². The second-order valence-electron chi connectivity index (χ2n) is 7.51. The van der Waals surface area contributed by atoms with Crippen molar-refractivity contribution in [2.24, 2.45) is 11.8 Å². The third kappa shape index (κ3) is 1.72. The second kappa shape index (κ2) is 5.36. The summed E-state index contributed by atoms with van der Waals surface area (Å²) in [7, 11) is 0. The van der Waals surface area contributed by atoms with Crippen LogP contribution in [0.2, 0.25) is 0 Å². The molecule has 7 nitrogen and oxygen atoms in total. The highest BCUT2D eigenvalue weighted by Crippen LogP contribution is 2.64. The van der Waals surface area contributed by atoms with Crippen molar-refractivity contribution >= 4 is 28.3 Å². The zero-order valence-corrected chi connectivity index (χ0v) is 15.7. The van der Waals surface area contributed by atoms with Crippen LogP contribution < -0.4 is 4.90 Å². The molecule has 0 spiro atoms. The molecule has 0 N–H and O–H groups in total. The van der Waals surface area contributed by atoms with Crippen LogP contribution in [0.15, 0.2) is 60.1 Å². The number of rotatable bonds is 2. The van der Waals surface area contributed by atoms with Crippen molar-refractivity contribution < 1.29 is 14.5 Å². The topological polar surface area (TPSA) is 93.4 Å². The molecule has 2 atom stereocenters. The minimum atomic E-state index is -1.79. The Morgan fingerprint density at radius 1 is 1.00 bits per heavy atom. The molecule has 1 aliphatic heterocycles. The number of benzene rings is 2. The van der Waals surface area contributed by atoms with E-state index in [2.05, 4.69) is 4.98 Å². The summed E-state index contributed by atoms with van der Waals surface area (Å²) in [5.41, 5.74) is 0.748. The minimum Gasteiger partial charge on any atom is -0.274 e. The second-order valence-corrected chi connectivity index (χ2v) is 8.38. The zero-order valence-electron chi connectivity index (χ0n) is 14.9. The molecule has 2 amide bonds. The minimum absolute atomic E-state index is 0.264. The average molecular weight is 403 g/mol. The van der Waals surface area contributed by atoms with Crippen LogP contribution in [-0.4, -0.2) is 21.7 Å². The highest BCUT2D eigenvalue weighted by atomic mass is 32.1. The maximum Gasteiger partial charge on any atom is 0.285 e. The molecule has 8 heteroatoms. The van der Waals surface area contributed by atoms with Gasteiger partial charge in [-0.05, 0) is 11.1 Å². The fraction of sp³-hybridized carbons (Fsp3) is 0.190. The number of nitrogens with zero attached hydrogens (tertiary/aromatic N) is 3. The van der Waals surface area contributed by atoms with Gasteiger partial charge in [0.1, 0.15) is 5.92 Å². The normalized spacial score (nSPS) is 28.8. The molecule has 1 aromatic heterocycles. The van der Waals surface area contributed by atoms with Gasteiger partial charge in [-0.15, -0.1) is 11.3 Å². The van der Waals surface area contributed by atoms with Gasteiger partial charge in [0.25, 0.3) is 5.54 Å². The molecule has 2 bridgehead atoms. The van der Waals surface area contributed by atoms with Gasteiger partial charge in [0.15, 0.2) is 5.13 Å². The first-order valence-corrected chi connectivity index (χ1v) is 10.1. The lowest BCUT2D eigenvalue weighted by Gasteiger charge is -2.48. The quantitative estimate of drug-likeness (QED) is 0.373. The number of thiazole rings is 1. The Hall–Kier alpha value is -3.39. The van der Waals surface area contributed by atoms with Gasteiger partial charge < -0.3 is 0 Å². The van der Waals surface area contributed by atoms with E-state index in [1.165, 1.54) is 17.5 Å². The molecule has 1 fully saturated rings. The molecule has 2 heterocycles. The van der Waals surface area contributed by atoms with Crippen LogP contribution in [0.3, 0.4) is 0 Å². The third-order valence-electron chi connectivity index (χ3n) is 6.47. The SMILES string of the molecule is O=C1C2C3c4ccccc4C([N+](=O)[O-])(c4ccccc43)C2C(=O)N1c1nccs1. The van der Waals surface area contributed by atoms with E-state index in [1.807, 2.05) is 24.3 Å². The Bertz CT molecular complexity index is 1170. The smallest absolute Gasteiger partial charge is 0.274 e. The van der Waals surface area contributed by atoms with Gasteiger partial charge in [0, 0.05) is 33.5 Å². The van der Waals surface area contributed by atoms with Crippen LogP contribution in [-0.2, 0) is 15.1 Å². The predicted octanol–water partition coefficient (Wildman–Crippen LogP) is 2.93. The number of anilines is 1. The molecule has 0 radical (unpaired) electrons. The van der Waals surface area contributed by atoms with Gasteiger partial charge in [-0.25, -0.2) is 9.88 Å². The monoisotopic (exact) mass is 403 g/mol. The average Bonchev–Trinajstić information content (AvgIpc) is 3.35. The van der Waals surface area contributed by atoms with Crippen molar-refractivity contribution in [3.05, 3.63) is 92.5 Å². The van der Waals surface area contributed by atoms with Crippen LogP contribution >= 0.6 is 11.3 Å². The number of aromatic nitrogens is 1. The number of carbonyl (C=O) groups is 2. The van der Waals surface area contributed by atoms with Crippen molar-refractivity contribution in [1.29, 1.82) is 0 Å². The lowest BCUT2D eigenvalue weighted by molar-refractivity contribution is -0.578. The Morgan fingerprint density at radius 2 is 1.62 bits per heavy atom. The van der Waals surface area contributed by atoms with Crippen LogP contribution in [0.5, 0.6) is 0 Å². The number of hydrogen-bond donors (Lipinski definition) is 0. The van der Waals surface area contributed by atoms with E-state index in [0.29, 0.717) is 11.1 Å². The Kier molecular flexibility index (Phi) is 3.06. The van der Waals surface area contributed by atoms with Crippen LogP contribution in [0.4, 0.5) is 5.13 Å². The van der Waals surface area contributed by atoms with Gasteiger partial charge in [-0.2, -0.15) is 0 Å². The Labute approximate surface area is 168 Å². The van der Waals surface area contributed by atoms with Gasteiger partial charge in [0.05, 0.1) is 5.92 Å². The van der Waals surface area contributed by atoms with Crippen LogP contribution in [0.25, 0.3) is 0 Å². The summed E-state index contributed by atoms with van der Waals surface area (Å²) in [5.74, 6) is -3.25. The fourth-order valence-corrected chi connectivity index (χ4v) is 6.21. The highest BCUT2D eigenvalue weighted by Gasteiger charge is 2.75. The highest BCUT2D eigenvalue weighted by molar-refractivity contribution is 7.14.